The smallest absolute Gasteiger partial charge is 0.205 e. The van der Waals surface area contributed by atoms with Crippen LogP contribution < -0.4 is 0 Å². The Labute approximate surface area is 221 Å². The summed E-state index contributed by atoms with van der Waals surface area (Å²) < 4.78 is 0. The van der Waals surface area contributed by atoms with Crippen molar-refractivity contribution in [2.45, 2.75) is 12.1 Å². The van der Waals surface area contributed by atoms with Crippen LogP contribution in [0.5, 0.6) is 0 Å². The highest BCUT2D eigenvalue weighted by molar-refractivity contribution is 5.82. The monoisotopic (exact) mass is 494 g/mol. The molecule has 38 heavy (non-hydrogen) atoms. The highest BCUT2D eigenvalue weighted by Crippen LogP contribution is 2.40. The fourth-order valence-electron chi connectivity index (χ4n) is 5.20. The first kappa shape index (κ1) is 23.5. The molecule has 0 saturated heterocycles. The largest absolute Gasteiger partial charge is 0.392 e. The molecule has 0 saturated carbocycles. The topological polar surface area (TPSA) is 63.8 Å². The van der Waals surface area contributed by atoms with Gasteiger partial charge in [-0.25, -0.2) is 0 Å². The maximum absolute atomic E-state index is 10.3. The van der Waals surface area contributed by atoms with Gasteiger partial charge in [0.15, 0.2) is 5.54 Å². The Morgan fingerprint density at radius 1 is 0.579 bits per heavy atom. The van der Waals surface area contributed by atoms with Gasteiger partial charge in [0.2, 0.25) is 5.82 Å². The van der Waals surface area contributed by atoms with Crippen molar-refractivity contribution in [1.82, 2.24) is 20.2 Å². The minimum absolute atomic E-state index is 0.133. The molecule has 1 N–H and O–H groups in total. The van der Waals surface area contributed by atoms with E-state index in [1.807, 2.05) is 103 Å². The van der Waals surface area contributed by atoms with E-state index >= 15 is 0 Å². The molecule has 0 amide bonds. The quantitative estimate of drug-likeness (QED) is 0.263. The first-order valence-electron chi connectivity index (χ1n) is 12.6. The number of aliphatic hydroxyl groups is 1. The number of hydrogen-bond donors (Lipinski definition) is 1. The third-order valence-corrected chi connectivity index (χ3v) is 6.92. The number of benzene rings is 5. The third kappa shape index (κ3) is 3.99. The van der Waals surface area contributed by atoms with Crippen LogP contribution in [-0.4, -0.2) is 25.3 Å². The van der Waals surface area contributed by atoms with Crippen molar-refractivity contribution in [2.75, 3.05) is 0 Å². The van der Waals surface area contributed by atoms with Crippen molar-refractivity contribution < 1.29 is 5.11 Å². The lowest BCUT2D eigenvalue weighted by atomic mass is 9.77. The number of aromatic nitrogens is 4. The fraction of sp³-hybridized carbons (Fsp3) is 0.0606. The summed E-state index contributed by atoms with van der Waals surface area (Å²) in [6.07, 6.45) is 0. The van der Waals surface area contributed by atoms with E-state index in [9.17, 15) is 5.11 Å². The van der Waals surface area contributed by atoms with Gasteiger partial charge < -0.3 is 5.11 Å². The summed E-state index contributed by atoms with van der Waals surface area (Å²) >= 11 is 0. The van der Waals surface area contributed by atoms with Gasteiger partial charge in [0, 0.05) is 5.56 Å². The van der Waals surface area contributed by atoms with Crippen LogP contribution in [0.1, 0.15) is 22.3 Å². The molecule has 0 aliphatic rings. The number of tetrazole rings is 1. The van der Waals surface area contributed by atoms with Gasteiger partial charge in [-0.15, -0.1) is 15.0 Å². The Hall–Kier alpha value is -4.87. The SMILES string of the molecule is OCc1cccc(-c2ccccc2)c1-c1nnn(C(c2ccccc2)(c2ccccc2)c2ccccc2)n1. The predicted molar refractivity (Wildman–Crippen MR) is 149 cm³/mol. The van der Waals surface area contributed by atoms with Crippen molar-refractivity contribution in [3.8, 4) is 22.5 Å². The second kappa shape index (κ2) is 10.2. The number of aliphatic hydroxyl groups excluding tert-OH is 1. The van der Waals surface area contributed by atoms with E-state index < -0.39 is 5.54 Å². The van der Waals surface area contributed by atoms with Crippen LogP contribution in [0.3, 0.4) is 0 Å². The molecule has 0 bridgehead atoms. The van der Waals surface area contributed by atoms with Crippen LogP contribution in [0.25, 0.3) is 22.5 Å². The van der Waals surface area contributed by atoms with Gasteiger partial charge in [-0.2, -0.15) is 0 Å². The summed E-state index contributed by atoms with van der Waals surface area (Å²) in [7, 11) is 0. The van der Waals surface area contributed by atoms with Gasteiger partial charge in [-0.05, 0) is 38.6 Å². The molecule has 0 aliphatic carbocycles. The molecule has 1 heterocycles. The van der Waals surface area contributed by atoms with Crippen LogP contribution in [-0.2, 0) is 12.1 Å². The van der Waals surface area contributed by atoms with Gasteiger partial charge in [-0.3, -0.25) is 0 Å². The molecule has 6 aromatic rings. The maximum atomic E-state index is 10.3. The highest BCUT2D eigenvalue weighted by Gasteiger charge is 2.41. The van der Waals surface area contributed by atoms with Crippen LogP contribution in [0.4, 0.5) is 0 Å². The molecule has 0 aliphatic heterocycles. The molecular formula is C33H26N4O. The fourth-order valence-corrected chi connectivity index (χ4v) is 5.20. The Kier molecular flexibility index (Phi) is 6.34. The van der Waals surface area contributed by atoms with E-state index in [0.717, 1.165) is 38.9 Å². The normalized spacial score (nSPS) is 11.4. The van der Waals surface area contributed by atoms with E-state index in [1.165, 1.54) is 0 Å². The minimum atomic E-state index is -0.865. The van der Waals surface area contributed by atoms with Gasteiger partial charge >= 0.3 is 0 Å². The molecule has 0 spiro atoms. The summed E-state index contributed by atoms with van der Waals surface area (Å²) in [4.78, 5) is 1.71. The summed E-state index contributed by atoms with van der Waals surface area (Å²) in [5.41, 5.74) is 5.67. The van der Waals surface area contributed by atoms with Crippen molar-refractivity contribution in [3.05, 3.63) is 162 Å². The van der Waals surface area contributed by atoms with E-state index in [-0.39, 0.29) is 6.61 Å². The second-order valence-electron chi connectivity index (χ2n) is 9.07. The second-order valence-corrected chi connectivity index (χ2v) is 9.07. The molecule has 184 valence electrons. The van der Waals surface area contributed by atoms with Crippen molar-refractivity contribution in [3.63, 3.8) is 0 Å². The number of hydrogen-bond acceptors (Lipinski definition) is 4. The minimum Gasteiger partial charge on any atom is -0.392 e. The zero-order valence-corrected chi connectivity index (χ0v) is 20.7. The summed E-state index contributed by atoms with van der Waals surface area (Å²) in [5, 5.41) is 24.6. The molecule has 1 aromatic heterocycles. The zero-order chi connectivity index (χ0) is 25.8. The first-order chi connectivity index (χ1) is 18.8. The standard InChI is InChI=1S/C33H26N4O/c38-24-26-16-13-23-30(25-14-5-1-6-15-25)31(26)32-34-36-37(35-32)33(27-17-7-2-8-18-27,28-19-9-3-10-20-28)29-21-11-4-12-22-29/h1-23,38H,24H2. The molecule has 5 heteroatoms. The summed E-state index contributed by atoms with van der Waals surface area (Å²) in [6, 6.07) is 46.8. The average molecular weight is 495 g/mol. The molecule has 5 aromatic carbocycles. The van der Waals surface area contributed by atoms with Crippen molar-refractivity contribution in [1.29, 1.82) is 0 Å². The van der Waals surface area contributed by atoms with Gasteiger partial charge in [-0.1, -0.05) is 140 Å². The maximum Gasteiger partial charge on any atom is 0.205 e. The Morgan fingerprint density at radius 2 is 1.08 bits per heavy atom. The van der Waals surface area contributed by atoms with Crippen LogP contribution in [0, 0.1) is 0 Å². The molecule has 0 atom stereocenters. The van der Waals surface area contributed by atoms with Gasteiger partial charge in [0.05, 0.1) is 6.61 Å². The average Bonchev–Trinajstić information content (AvgIpc) is 3.49. The lowest BCUT2D eigenvalue weighted by Crippen LogP contribution is -2.39. The lowest BCUT2D eigenvalue weighted by molar-refractivity contribution is 0.282. The molecule has 0 radical (unpaired) electrons. The van der Waals surface area contributed by atoms with E-state index in [0.29, 0.717) is 5.82 Å². The zero-order valence-electron chi connectivity index (χ0n) is 20.7. The molecule has 5 nitrogen and oxygen atoms in total. The van der Waals surface area contributed by atoms with Crippen LogP contribution in [0.2, 0.25) is 0 Å². The lowest BCUT2D eigenvalue weighted by Gasteiger charge is -2.34. The molecule has 0 fully saturated rings. The molecule has 0 unspecified atom stereocenters. The van der Waals surface area contributed by atoms with E-state index in [2.05, 4.69) is 46.7 Å². The third-order valence-electron chi connectivity index (χ3n) is 6.92. The Bertz CT molecular complexity index is 1540. The number of nitrogens with zero attached hydrogens (tertiary/aromatic N) is 4. The number of rotatable bonds is 7. The molecular weight excluding hydrogens is 468 g/mol. The van der Waals surface area contributed by atoms with Gasteiger partial charge in [0.1, 0.15) is 0 Å². The molecule has 6 rings (SSSR count). The Balaban J connectivity index is 1.64. The van der Waals surface area contributed by atoms with Crippen LogP contribution >= 0.6 is 0 Å². The summed E-state index contributed by atoms with van der Waals surface area (Å²) in [5.74, 6) is 0.459. The van der Waals surface area contributed by atoms with E-state index in [4.69, 9.17) is 5.10 Å². The van der Waals surface area contributed by atoms with Crippen LogP contribution in [0.15, 0.2) is 140 Å². The summed E-state index contributed by atoms with van der Waals surface area (Å²) in [6.45, 7) is -0.133. The first-order valence-corrected chi connectivity index (χ1v) is 12.6. The Morgan fingerprint density at radius 3 is 1.58 bits per heavy atom. The van der Waals surface area contributed by atoms with Crippen molar-refractivity contribution >= 4 is 0 Å². The highest BCUT2D eigenvalue weighted by atomic mass is 16.3. The van der Waals surface area contributed by atoms with Crippen molar-refractivity contribution in [2.24, 2.45) is 0 Å². The van der Waals surface area contributed by atoms with Gasteiger partial charge in [0.25, 0.3) is 0 Å². The predicted octanol–water partition coefficient (Wildman–Crippen LogP) is 6.34. The van der Waals surface area contributed by atoms with E-state index in [1.54, 1.807) is 4.80 Å².